The highest BCUT2D eigenvalue weighted by Crippen LogP contribution is 2.41. The number of aromatic nitrogens is 1. The molecule has 2 aromatic carbocycles. The lowest BCUT2D eigenvalue weighted by Gasteiger charge is -2.37. The van der Waals surface area contributed by atoms with Crippen LogP contribution < -0.4 is 10.1 Å². The molecule has 0 aliphatic heterocycles. The molecule has 1 saturated carbocycles. The summed E-state index contributed by atoms with van der Waals surface area (Å²) < 4.78 is 20.9. The van der Waals surface area contributed by atoms with Crippen LogP contribution in [0.15, 0.2) is 48.7 Å². The zero-order valence-corrected chi connectivity index (χ0v) is 24.3. The lowest BCUT2D eigenvalue weighted by atomic mass is 9.89. The molecule has 0 bridgehead atoms. The number of amides is 1. The third-order valence-corrected chi connectivity index (χ3v) is 9.47. The van der Waals surface area contributed by atoms with Crippen LogP contribution in [0, 0.1) is 19.7 Å². The van der Waals surface area contributed by atoms with Gasteiger partial charge in [0.05, 0.1) is 16.8 Å². The lowest BCUT2D eigenvalue weighted by Crippen LogP contribution is -2.44. The molecule has 0 atom stereocenters. The van der Waals surface area contributed by atoms with Crippen LogP contribution in [0.5, 0.6) is 5.75 Å². The largest absolute Gasteiger partial charge is 0.496 e. The van der Waals surface area contributed by atoms with E-state index in [9.17, 15) is 9.18 Å². The van der Waals surface area contributed by atoms with E-state index in [1.54, 1.807) is 19.4 Å². The Morgan fingerprint density at radius 3 is 2.54 bits per heavy atom. The van der Waals surface area contributed by atoms with E-state index in [0.717, 1.165) is 70.7 Å². The number of aryl methyl sites for hydroxylation is 2. The van der Waals surface area contributed by atoms with E-state index in [2.05, 4.69) is 16.4 Å². The van der Waals surface area contributed by atoms with E-state index in [-0.39, 0.29) is 17.8 Å². The normalized spacial score (nSPS) is 17.4. The van der Waals surface area contributed by atoms with Crippen molar-refractivity contribution in [3.05, 3.63) is 81.2 Å². The molecule has 0 radical (unpaired) electrons. The minimum absolute atomic E-state index is 0.0332. The molecule has 5 rings (SSSR count). The Kier molecular flexibility index (Phi) is 8.21. The first-order valence-corrected chi connectivity index (χ1v) is 14.5. The minimum Gasteiger partial charge on any atom is -0.496 e. The smallest absolute Gasteiger partial charge is 0.266 e. The predicted octanol–water partition coefficient (Wildman–Crippen LogP) is 7.55. The number of halogens is 2. The summed E-state index contributed by atoms with van der Waals surface area (Å²) in [5, 5.41) is 4.33. The Morgan fingerprint density at radius 1 is 1.13 bits per heavy atom. The zero-order chi connectivity index (χ0) is 27.7. The van der Waals surface area contributed by atoms with Gasteiger partial charge < -0.3 is 15.0 Å². The molecule has 1 aliphatic carbocycles. The van der Waals surface area contributed by atoms with Crippen LogP contribution in [-0.4, -0.2) is 42.0 Å². The fourth-order valence-electron chi connectivity index (χ4n) is 5.59. The molecule has 0 unspecified atom stereocenters. The topological polar surface area (TPSA) is 54.5 Å². The van der Waals surface area contributed by atoms with Gasteiger partial charge in [0.15, 0.2) is 0 Å². The Hall–Kier alpha value is -3.00. The number of rotatable bonds is 7. The molecular weight excluding hydrogens is 533 g/mol. The van der Waals surface area contributed by atoms with E-state index in [1.807, 2.05) is 50.1 Å². The number of thiophene rings is 1. The quantitative estimate of drug-likeness (QED) is 0.251. The van der Waals surface area contributed by atoms with Crippen molar-refractivity contribution in [2.45, 2.75) is 58.2 Å². The van der Waals surface area contributed by atoms with Gasteiger partial charge in [0.1, 0.15) is 16.4 Å². The van der Waals surface area contributed by atoms with Crippen molar-refractivity contribution in [1.29, 1.82) is 0 Å². The molecule has 39 heavy (non-hydrogen) atoms. The van der Waals surface area contributed by atoms with Crippen LogP contribution in [0.4, 0.5) is 4.39 Å². The number of nitrogens with one attached hydrogen (secondary N) is 1. The molecule has 1 amide bonds. The maximum Gasteiger partial charge on any atom is 0.266 e. The van der Waals surface area contributed by atoms with Crippen LogP contribution in [0.25, 0.3) is 21.2 Å². The second-order valence-electron chi connectivity index (χ2n) is 10.3. The monoisotopic (exact) mass is 565 g/mol. The molecule has 1 N–H and O–H groups in total. The number of carbonyl (C=O) groups excluding carboxylic acids is 1. The highest BCUT2D eigenvalue weighted by atomic mass is 35.5. The van der Waals surface area contributed by atoms with Crippen molar-refractivity contribution in [2.24, 2.45) is 0 Å². The van der Waals surface area contributed by atoms with Gasteiger partial charge in [-0.25, -0.2) is 4.39 Å². The molecule has 8 heteroatoms. The Balaban J connectivity index is 1.56. The zero-order valence-electron chi connectivity index (χ0n) is 22.7. The summed E-state index contributed by atoms with van der Waals surface area (Å²) in [5.74, 6) is 0.195. The van der Waals surface area contributed by atoms with Crippen molar-refractivity contribution in [2.75, 3.05) is 14.2 Å². The lowest BCUT2D eigenvalue weighted by molar-refractivity contribution is 0.0604. The van der Waals surface area contributed by atoms with E-state index in [1.165, 1.54) is 6.07 Å². The molecule has 0 saturated heterocycles. The standard InChI is InChI=1S/C31H33ClFN3O2S/c1-18-5-11-25(33)29-27(18)28(32)30(39-29)31(37)36(24-9-7-23(34-3)8-10-24)17-22-16-20(6-12-26(22)38-4)21-13-14-35-19(2)15-21/h5-6,11-16,23-24,34H,7-10,17H2,1-4H3/t23-,24-. The number of fused-ring (bicyclic) bond motifs is 1. The summed E-state index contributed by atoms with van der Waals surface area (Å²) in [4.78, 5) is 20.9. The molecule has 204 valence electrons. The number of methoxy groups -OCH3 is 1. The van der Waals surface area contributed by atoms with Gasteiger partial charge >= 0.3 is 0 Å². The maximum atomic E-state index is 14.7. The van der Waals surface area contributed by atoms with Crippen LogP contribution in [0.2, 0.25) is 5.02 Å². The van der Waals surface area contributed by atoms with Crippen molar-refractivity contribution >= 4 is 38.9 Å². The van der Waals surface area contributed by atoms with Crippen LogP contribution in [0.3, 0.4) is 0 Å². The average molecular weight is 566 g/mol. The van der Waals surface area contributed by atoms with Crippen LogP contribution in [-0.2, 0) is 6.54 Å². The third kappa shape index (κ3) is 5.53. The first-order chi connectivity index (χ1) is 18.8. The fraction of sp³-hybridized carbons (Fsp3) is 0.355. The van der Waals surface area contributed by atoms with Gasteiger partial charge in [-0.15, -0.1) is 11.3 Å². The van der Waals surface area contributed by atoms with Crippen LogP contribution in [0.1, 0.15) is 52.2 Å². The fourth-order valence-corrected chi connectivity index (χ4v) is 7.22. The summed E-state index contributed by atoms with van der Waals surface area (Å²) in [6, 6.07) is 13.7. The van der Waals surface area contributed by atoms with Crippen molar-refractivity contribution in [3.8, 4) is 16.9 Å². The molecule has 1 aliphatic rings. The van der Waals surface area contributed by atoms with E-state index < -0.39 is 0 Å². The molecule has 2 heterocycles. The number of hydrogen-bond donors (Lipinski definition) is 1. The van der Waals surface area contributed by atoms with Gasteiger partial charge in [0.25, 0.3) is 5.91 Å². The van der Waals surface area contributed by atoms with Gasteiger partial charge in [0, 0.05) is 41.5 Å². The number of nitrogens with zero attached hydrogens (tertiary/aromatic N) is 2. The second-order valence-corrected chi connectivity index (χ2v) is 11.7. The summed E-state index contributed by atoms with van der Waals surface area (Å²) in [6.45, 7) is 4.22. The van der Waals surface area contributed by atoms with Gasteiger partial charge in [-0.1, -0.05) is 23.7 Å². The second kappa shape index (κ2) is 11.6. The van der Waals surface area contributed by atoms with Gasteiger partial charge in [-0.3, -0.25) is 9.78 Å². The molecule has 1 fully saturated rings. The summed E-state index contributed by atoms with van der Waals surface area (Å²) in [7, 11) is 3.63. The molecule has 0 spiro atoms. The van der Waals surface area contributed by atoms with E-state index in [4.69, 9.17) is 16.3 Å². The van der Waals surface area contributed by atoms with Crippen LogP contribution >= 0.6 is 22.9 Å². The molecule has 2 aromatic heterocycles. The number of carbonyl (C=O) groups is 1. The van der Waals surface area contributed by atoms with Gasteiger partial charge in [-0.05, 0) is 93.6 Å². The highest BCUT2D eigenvalue weighted by molar-refractivity contribution is 7.21. The van der Waals surface area contributed by atoms with E-state index in [0.29, 0.717) is 32.6 Å². The highest BCUT2D eigenvalue weighted by Gasteiger charge is 2.32. The molecule has 4 aromatic rings. The number of ether oxygens (including phenoxy) is 1. The molecular formula is C31H33ClFN3O2S. The van der Waals surface area contributed by atoms with Gasteiger partial charge in [-0.2, -0.15) is 0 Å². The minimum atomic E-state index is -0.357. The SMILES string of the molecule is CN[C@H]1CC[C@H](N(Cc2cc(-c3ccnc(C)c3)ccc2OC)C(=O)c2sc3c(F)ccc(C)c3c2Cl)CC1. The average Bonchev–Trinajstić information content (AvgIpc) is 3.31. The van der Waals surface area contributed by atoms with Crippen molar-refractivity contribution < 1.29 is 13.9 Å². The summed E-state index contributed by atoms with van der Waals surface area (Å²) in [6.07, 6.45) is 5.51. The Labute approximate surface area is 238 Å². The number of benzene rings is 2. The predicted molar refractivity (Wildman–Crippen MR) is 157 cm³/mol. The Morgan fingerprint density at radius 2 is 1.87 bits per heavy atom. The summed E-state index contributed by atoms with van der Waals surface area (Å²) >= 11 is 7.94. The van der Waals surface area contributed by atoms with E-state index >= 15 is 0 Å². The Bertz CT molecular complexity index is 1510. The number of hydrogen-bond acceptors (Lipinski definition) is 5. The summed E-state index contributed by atoms with van der Waals surface area (Å²) in [5.41, 5.74) is 4.78. The maximum absolute atomic E-state index is 14.7. The first-order valence-electron chi connectivity index (χ1n) is 13.3. The first kappa shape index (κ1) is 27.6. The van der Waals surface area contributed by atoms with Crippen molar-refractivity contribution in [3.63, 3.8) is 0 Å². The van der Waals surface area contributed by atoms with Gasteiger partial charge in [0.2, 0.25) is 0 Å². The third-order valence-electron chi connectivity index (χ3n) is 7.79. The number of pyridine rings is 1. The molecule has 5 nitrogen and oxygen atoms in total. The van der Waals surface area contributed by atoms with Crippen molar-refractivity contribution in [1.82, 2.24) is 15.2 Å².